The van der Waals surface area contributed by atoms with Crippen LogP contribution in [0.15, 0.2) is 18.3 Å². The fourth-order valence-corrected chi connectivity index (χ4v) is 2.96. The van der Waals surface area contributed by atoms with Crippen molar-refractivity contribution in [3.63, 3.8) is 0 Å². The van der Waals surface area contributed by atoms with Crippen molar-refractivity contribution in [3.8, 4) is 5.95 Å². The third-order valence-corrected chi connectivity index (χ3v) is 4.34. The van der Waals surface area contributed by atoms with Gasteiger partial charge in [0.15, 0.2) is 0 Å². The monoisotopic (exact) mass is 372 g/mol. The van der Waals surface area contributed by atoms with Gasteiger partial charge in [0.25, 0.3) is 11.9 Å². The molecule has 0 saturated heterocycles. The summed E-state index contributed by atoms with van der Waals surface area (Å²) in [7, 11) is 0. The van der Waals surface area contributed by atoms with Crippen molar-refractivity contribution in [3.05, 3.63) is 35.4 Å². The van der Waals surface area contributed by atoms with Gasteiger partial charge in [0, 0.05) is 43.1 Å². The standard InChI is InChI=1S/C18H18F2N6O/c1-9-6-14(18(3,19)20)24-17(22-9)26-13-7-15(23-10(2)27)21-8-12(13)16(25-26)11-4-5-11/h6-8,11H,4-5H2,1-3H3,(H,21,23,27). The summed E-state index contributed by atoms with van der Waals surface area (Å²) < 4.78 is 29.1. The van der Waals surface area contributed by atoms with Crippen LogP contribution in [-0.4, -0.2) is 30.6 Å². The Morgan fingerprint density at radius 3 is 2.67 bits per heavy atom. The van der Waals surface area contributed by atoms with Crippen molar-refractivity contribution in [2.24, 2.45) is 0 Å². The second-order valence-electron chi connectivity index (χ2n) is 6.92. The molecule has 0 aromatic carbocycles. The zero-order valence-electron chi connectivity index (χ0n) is 15.1. The Morgan fingerprint density at radius 1 is 1.30 bits per heavy atom. The van der Waals surface area contributed by atoms with E-state index >= 15 is 0 Å². The first-order valence-electron chi connectivity index (χ1n) is 8.63. The van der Waals surface area contributed by atoms with Gasteiger partial charge >= 0.3 is 0 Å². The van der Waals surface area contributed by atoms with E-state index in [4.69, 9.17) is 0 Å². The number of fused-ring (bicyclic) bond motifs is 1. The number of alkyl halides is 2. The molecule has 3 heterocycles. The van der Waals surface area contributed by atoms with Gasteiger partial charge < -0.3 is 5.32 Å². The molecule has 0 bridgehead atoms. The molecule has 27 heavy (non-hydrogen) atoms. The number of aromatic nitrogens is 5. The summed E-state index contributed by atoms with van der Waals surface area (Å²) in [5.41, 5.74) is 1.52. The zero-order valence-corrected chi connectivity index (χ0v) is 15.1. The number of carbonyl (C=O) groups is 1. The first-order valence-corrected chi connectivity index (χ1v) is 8.63. The maximum absolute atomic E-state index is 13.8. The van der Waals surface area contributed by atoms with Gasteiger partial charge in [-0.25, -0.2) is 15.0 Å². The van der Waals surface area contributed by atoms with Crippen LogP contribution in [0.5, 0.6) is 0 Å². The smallest absolute Gasteiger partial charge is 0.287 e. The van der Waals surface area contributed by atoms with Crippen molar-refractivity contribution in [2.75, 3.05) is 5.32 Å². The van der Waals surface area contributed by atoms with E-state index in [2.05, 4.69) is 25.4 Å². The van der Waals surface area contributed by atoms with Crippen molar-refractivity contribution in [1.29, 1.82) is 0 Å². The number of nitrogens with zero attached hydrogens (tertiary/aromatic N) is 5. The first kappa shape index (κ1) is 17.4. The second kappa shape index (κ2) is 6.04. The summed E-state index contributed by atoms with van der Waals surface area (Å²) in [6.07, 6.45) is 3.68. The Bertz CT molecular complexity index is 1050. The Kier molecular flexibility index (Phi) is 3.90. The molecule has 0 unspecified atom stereocenters. The highest BCUT2D eigenvalue weighted by atomic mass is 19.3. The molecule has 7 nitrogen and oxygen atoms in total. The van der Waals surface area contributed by atoms with Crippen molar-refractivity contribution in [1.82, 2.24) is 24.7 Å². The van der Waals surface area contributed by atoms with Gasteiger partial charge in [0.2, 0.25) is 5.91 Å². The Morgan fingerprint density at radius 2 is 2.04 bits per heavy atom. The van der Waals surface area contributed by atoms with E-state index in [1.165, 1.54) is 17.7 Å². The SMILES string of the molecule is CC(=O)Nc1cc2c(cn1)c(C1CC1)nn2-c1nc(C)cc(C(C)(F)F)n1. The molecule has 1 N–H and O–H groups in total. The molecule has 0 spiro atoms. The molecule has 1 fully saturated rings. The molecular weight excluding hydrogens is 354 g/mol. The lowest BCUT2D eigenvalue weighted by atomic mass is 10.2. The highest BCUT2D eigenvalue weighted by molar-refractivity contribution is 5.91. The minimum Gasteiger partial charge on any atom is -0.311 e. The largest absolute Gasteiger partial charge is 0.311 e. The van der Waals surface area contributed by atoms with E-state index in [1.54, 1.807) is 19.2 Å². The number of carbonyl (C=O) groups excluding carboxylic acids is 1. The summed E-state index contributed by atoms with van der Waals surface area (Å²) in [4.78, 5) is 23.9. The van der Waals surface area contributed by atoms with Crippen molar-refractivity contribution >= 4 is 22.6 Å². The van der Waals surface area contributed by atoms with E-state index in [9.17, 15) is 13.6 Å². The van der Waals surface area contributed by atoms with Gasteiger partial charge in [0.05, 0.1) is 11.2 Å². The normalized spacial score (nSPS) is 14.6. The number of halogens is 2. The number of nitrogens with one attached hydrogen (secondary N) is 1. The Labute approximate surface area is 153 Å². The number of rotatable bonds is 4. The zero-order chi connectivity index (χ0) is 19.3. The highest BCUT2D eigenvalue weighted by Crippen LogP contribution is 2.43. The van der Waals surface area contributed by atoms with Crippen LogP contribution in [0.4, 0.5) is 14.6 Å². The highest BCUT2D eigenvalue weighted by Gasteiger charge is 2.31. The number of hydrogen-bond acceptors (Lipinski definition) is 5. The molecule has 1 aliphatic carbocycles. The molecule has 3 aromatic rings. The summed E-state index contributed by atoms with van der Waals surface area (Å²) in [6.45, 7) is 3.82. The predicted octanol–water partition coefficient (Wildman–Crippen LogP) is 3.47. The van der Waals surface area contributed by atoms with Gasteiger partial charge in [-0.05, 0) is 25.8 Å². The molecule has 0 aliphatic heterocycles. The lowest BCUT2D eigenvalue weighted by molar-refractivity contribution is -0.114. The van der Waals surface area contributed by atoms with Crippen molar-refractivity contribution in [2.45, 2.75) is 45.5 Å². The number of amides is 1. The van der Waals surface area contributed by atoms with E-state index < -0.39 is 5.92 Å². The summed E-state index contributed by atoms with van der Waals surface area (Å²) in [6, 6.07) is 2.92. The van der Waals surface area contributed by atoms with E-state index in [-0.39, 0.29) is 17.5 Å². The third kappa shape index (κ3) is 3.36. The molecule has 4 rings (SSSR count). The number of aryl methyl sites for hydroxylation is 1. The third-order valence-electron chi connectivity index (χ3n) is 4.34. The molecule has 3 aromatic heterocycles. The fraction of sp³-hybridized carbons (Fsp3) is 0.389. The molecule has 1 aliphatic rings. The van der Waals surface area contributed by atoms with Crippen LogP contribution in [0, 0.1) is 6.92 Å². The fourth-order valence-electron chi connectivity index (χ4n) is 2.96. The lowest BCUT2D eigenvalue weighted by Gasteiger charge is -2.12. The maximum Gasteiger partial charge on any atom is 0.287 e. The van der Waals surface area contributed by atoms with Gasteiger partial charge in [-0.15, -0.1) is 0 Å². The Balaban J connectivity index is 1.93. The summed E-state index contributed by atoms with van der Waals surface area (Å²) in [5, 5.41) is 8.03. The Hall–Kier alpha value is -2.97. The van der Waals surface area contributed by atoms with Crippen LogP contribution < -0.4 is 5.32 Å². The molecular formula is C18H18F2N6O. The van der Waals surface area contributed by atoms with Crippen LogP contribution >= 0.6 is 0 Å². The molecule has 0 atom stereocenters. The summed E-state index contributed by atoms with van der Waals surface area (Å²) in [5.74, 6) is -2.60. The quantitative estimate of drug-likeness (QED) is 0.758. The van der Waals surface area contributed by atoms with Crippen LogP contribution in [0.3, 0.4) is 0 Å². The topological polar surface area (TPSA) is 85.6 Å². The molecule has 0 radical (unpaired) electrons. The van der Waals surface area contributed by atoms with E-state index in [0.29, 0.717) is 22.9 Å². The van der Waals surface area contributed by atoms with E-state index in [1.807, 2.05) is 0 Å². The molecule has 9 heteroatoms. The van der Waals surface area contributed by atoms with Gasteiger partial charge in [0.1, 0.15) is 11.5 Å². The average Bonchev–Trinajstić information content (AvgIpc) is 3.34. The molecule has 140 valence electrons. The number of anilines is 1. The minimum atomic E-state index is -3.09. The van der Waals surface area contributed by atoms with Crippen LogP contribution in [0.2, 0.25) is 0 Å². The predicted molar refractivity (Wildman–Crippen MR) is 95.0 cm³/mol. The van der Waals surface area contributed by atoms with Gasteiger partial charge in [-0.2, -0.15) is 18.6 Å². The summed E-state index contributed by atoms with van der Waals surface area (Å²) >= 11 is 0. The van der Waals surface area contributed by atoms with Crippen LogP contribution in [0.25, 0.3) is 16.9 Å². The van der Waals surface area contributed by atoms with Crippen LogP contribution in [-0.2, 0) is 10.7 Å². The second-order valence-corrected chi connectivity index (χ2v) is 6.92. The molecule has 1 amide bonds. The lowest BCUT2D eigenvalue weighted by Crippen LogP contribution is -2.15. The van der Waals surface area contributed by atoms with Crippen LogP contribution in [0.1, 0.15) is 49.7 Å². The van der Waals surface area contributed by atoms with Crippen molar-refractivity contribution < 1.29 is 13.6 Å². The average molecular weight is 372 g/mol. The first-order chi connectivity index (χ1) is 12.7. The number of pyridine rings is 1. The molecule has 1 saturated carbocycles. The van der Waals surface area contributed by atoms with Gasteiger partial charge in [-0.3, -0.25) is 4.79 Å². The maximum atomic E-state index is 13.8. The van der Waals surface area contributed by atoms with Gasteiger partial charge in [-0.1, -0.05) is 0 Å². The minimum absolute atomic E-state index is 0.0726. The number of hydrogen-bond donors (Lipinski definition) is 1. The van der Waals surface area contributed by atoms with E-state index in [0.717, 1.165) is 30.8 Å².